The molecule has 0 unspecified atom stereocenters. The molecule has 9 heteroatoms. The smallest absolute Gasteiger partial charge is 0.218 e. The van der Waals surface area contributed by atoms with E-state index in [0.29, 0.717) is 40.1 Å². The lowest BCUT2D eigenvalue weighted by atomic mass is 10.1. The van der Waals surface area contributed by atoms with Crippen molar-refractivity contribution < 1.29 is 8.42 Å². The van der Waals surface area contributed by atoms with Gasteiger partial charge in [-0.05, 0) is 30.2 Å². The molecule has 0 saturated heterocycles. The monoisotopic (exact) mass is 372 g/mol. The number of aromatic nitrogens is 2. The first-order valence-electron chi connectivity index (χ1n) is 6.86. The molecule has 0 fully saturated rings. The zero-order chi connectivity index (χ0) is 16.6. The summed E-state index contributed by atoms with van der Waals surface area (Å²) in [6, 6.07) is 4.77. The Morgan fingerprint density at radius 3 is 2.57 bits per heavy atom. The molecule has 1 aliphatic rings. The second-order valence-corrected chi connectivity index (χ2v) is 8.14. The van der Waals surface area contributed by atoms with E-state index < -0.39 is 10.0 Å². The summed E-state index contributed by atoms with van der Waals surface area (Å²) >= 11 is 11.9. The summed E-state index contributed by atoms with van der Waals surface area (Å²) in [7, 11) is -3.51. The van der Waals surface area contributed by atoms with Crippen LogP contribution in [0.1, 0.15) is 16.8 Å². The second-order valence-electron chi connectivity index (χ2n) is 5.30. The fraction of sp³-hybridized carbons (Fsp3) is 0.286. The summed E-state index contributed by atoms with van der Waals surface area (Å²) in [5.41, 5.74) is 7.83. The molecule has 2 heterocycles. The number of halogens is 2. The van der Waals surface area contributed by atoms with Crippen LogP contribution in [0, 0.1) is 0 Å². The van der Waals surface area contributed by atoms with E-state index >= 15 is 0 Å². The highest BCUT2D eigenvalue weighted by Gasteiger charge is 2.29. The number of nitrogens with zero attached hydrogens (tertiary/aromatic N) is 3. The number of rotatable bonds is 3. The molecule has 3 rings (SSSR count). The zero-order valence-electron chi connectivity index (χ0n) is 12.0. The highest BCUT2D eigenvalue weighted by molar-refractivity contribution is 7.88. The third kappa shape index (κ3) is 3.58. The Bertz CT molecular complexity index is 838. The van der Waals surface area contributed by atoms with Crippen LogP contribution in [0.5, 0.6) is 0 Å². The molecule has 1 aliphatic heterocycles. The third-order valence-corrected chi connectivity index (χ3v) is 5.90. The first-order valence-corrected chi connectivity index (χ1v) is 9.23. The molecule has 1 aromatic heterocycles. The van der Waals surface area contributed by atoms with Crippen molar-refractivity contribution in [3.63, 3.8) is 0 Å². The summed E-state index contributed by atoms with van der Waals surface area (Å²) in [4.78, 5) is 8.08. The first kappa shape index (κ1) is 16.4. The van der Waals surface area contributed by atoms with Crippen molar-refractivity contribution in [1.82, 2.24) is 14.3 Å². The van der Waals surface area contributed by atoms with Gasteiger partial charge in [0.1, 0.15) is 12.1 Å². The standard InChI is InChI=1S/C14H14Cl2N4O2S/c15-10-3-9(4-11(16)5-10)7-23(21,22)20-2-1-12-13(6-20)18-8-19-14(12)17/h3-5,8H,1-2,6-7H2,(H2,17,18,19). The van der Waals surface area contributed by atoms with Crippen molar-refractivity contribution in [1.29, 1.82) is 0 Å². The Morgan fingerprint density at radius 1 is 1.17 bits per heavy atom. The van der Waals surface area contributed by atoms with E-state index in [-0.39, 0.29) is 12.3 Å². The maximum absolute atomic E-state index is 12.6. The van der Waals surface area contributed by atoms with Crippen molar-refractivity contribution in [2.24, 2.45) is 0 Å². The van der Waals surface area contributed by atoms with Crippen LogP contribution in [0.2, 0.25) is 10.0 Å². The number of anilines is 1. The fourth-order valence-electron chi connectivity index (χ4n) is 2.59. The van der Waals surface area contributed by atoms with Crippen molar-refractivity contribution in [2.45, 2.75) is 18.7 Å². The van der Waals surface area contributed by atoms with E-state index in [1.165, 1.54) is 10.6 Å². The normalized spacial score (nSPS) is 15.4. The van der Waals surface area contributed by atoms with Crippen molar-refractivity contribution in [2.75, 3.05) is 12.3 Å². The van der Waals surface area contributed by atoms with Crippen molar-refractivity contribution in [3.05, 3.63) is 51.4 Å². The molecule has 23 heavy (non-hydrogen) atoms. The number of hydrogen-bond donors (Lipinski definition) is 1. The lowest BCUT2D eigenvalue weighted by molar-refractivity contribution is 0.384. The maximum Gasteiger partial charge on any atom is 0.218 e. The van der Waals surface area contributed by atoms with E-state index in [0.717, 1.165) is 5.56 Å². The van der Waals surface area contributed by atoms with Crippen LogP contribution in [0.4, 0.5) is 5.82 Å². The molecular formula is C14H14Cl2N4O2S. The molecule has 0 spiro atoms. The van der Waals surface area contributed by atoms with Gasteiger partial charge in [-0.1, -0.05) is 23.2 Å². The van der Waals surface area contributed by atoms with Gasteiger partial charge in [-0.25, -0.2) is 18.4 Å². The molecule has 122 valence electrons. The highest BCUT2D eigenvalue weighted by Crippen LogP contribution is 2.25. The maximum atomic E-state index is 12.6. The van der Waals surface area contributed by atoms with Crippen LogP contribution in [-0.2, 0) is 28.7 Å². The van der Waals surface area contributed by atoms with Gasteiger partial charge in [-0.3, -0.25) is 0 Å². The van der Waals surface area contributed by atoms with Gasteiger partial charge in [0.25, 0.3) is 0 Å². The number of nitrogen functional groups attached to an aromatic ring is 1. The number of hydrogen-bond acceptors (Lipinski definition) is 5. The van der Waals surface area contributed by atoms with Gasteiger partial charge in [0, 0.05) is 22.2 Å². The lowest BCUT2D eigenvalue weighted by Crippen LogP contribution is -2.37. The molecule has 6 nitrogen and oxygen atoms in total. The number of fused-ring (bicyclic) bond motifs is 1. The minimum Gasteiger partial charge on any atom is -0.383 e. The SMILES string of the molecule is Nc1ncnc2c1CCN(S(=O)(=O)Cc1cc(Cl)cc(Cl)c1)C2. The quantitative estimate of drug-likeness (QED) is 0.892. The molecule has 0 radical (unpaired) electrons. The van der Waals surface area contributed by atoms with Crippen molar-refractivity contribution >= 4 is 39.0 Å². The Balaban J connectivity index is 1.83. The molecule has 1 aromatic carbocycles. The average molecular weight is 373 g/mol. The summed E-state index contributed by atoms with van der Waals surface area (Å²) in [5, 5.41) is 0.819. The molecule has 2 N–H and O–H groups in total. The largest absolute Gasteiger partial charge is 0.383 e. The minimum absolute atomic E-state index is 0.164. The fourth-order valence-corrected chi connectivity index (χ4v) is 4.62. The van der Waals surface area contributed by atoms with Gasteiger partial charge in [0.15, 0.2) is 0 Å². The third-order valence-electron chi connectivity index (χ3n) is 3.67. The minimum atomic E-state index is -3.51. The van der Waals surface area contributed by atoms with Crippen LogP contribution in [0.3, 0.4) is 0 Å². The predicted molar refractivity (Wildman–Crippen MR) is 89.6 cm³/mol. The van der Waals surface area contributed by atoms with Gasteiger partial charge in [-0.2, -0.15) is 4.31 Å². The van der Waals surface area contributed by atoms with E-state index in [1.54, 1.807) is 18.2 Å². The van der Waals surface area contributed by atoms with Gasteiger partial charge in [0.05, 0.1) is 18.0 Å². The Hall–Kier alpha value is -1.41. The summed E-state index contributed by atoms with van der Waals surface area (Å²) in [6.07, 6.45) is 1.85. The molecule has 0 amide bonds. The topological polar surface area (TPSA) is 89.2 Å². The van der Waals surface area contributed by atoms with Gasteiger partial charge in [-0.15, -0.1) is 0 Å². The predicted octanol–water partition coefficient (Wildman–Crippen LogP) is 2.25. The van der Waals surface area contributed by atoms with Gasteiger partial charge >= 0.3 is 0 Å². The Labute approximate surface area is 144 Å². The van der Waals surface area contributed by atoms with Crippen LogP contribution >= 0.6 is 23.2 Å². The Morgan fingerprint density at radius 2 is 1.87 bits per heavy atom. The number of nitrogens with two attached hydrogens (primary N) is 1. The zero-order valence-corrected chi connectivity index (χ0v) is 14.4. The van der Waals surface area contributed by atoms with Gasteiger partial charge in [0.2, 0.25) is 10.0 Å². The summed E-state index contributed by atoms with van der Waals surface area (Å²) in [6.45, 7) is 0.542. The van der Waals surface area contributed by atoms with E-state index in [2.05, 4.69) is 9.97 Å². The summed E-state index contributed by atoms with van der Waals surface area (Å²) in [5.74, 6) is 0.247. The van der Waals surface area contributed by atoms with Crippen LogP contribution < -0.4 is 5.73 Å². The van der Waals surface area contributed by atoms with Crippen LogP contribution in [0.15, 0.2) is 24.5 Å². The molecule has 0 bridgehead atoms. The van der Waals surface area contributed by atoms with E-state index in [9.17, 15) is 8.42 Å². The van der Waals surface area contributed by atoms with Crippen LogP contribution in [-0.4, -0.2) is 29.2 Å². The number of benzene rings is 1. The lowest BCUT2D eigenvalue weighted by Gasteiger charge is -2.27. The Kier molecular flexibility index (Phi) is 4.46. The van der Waals surface area contributed by atoms with E-state index in [4.69, 9.17) is 28.9 Å². The molecular weight excluding hydrogens is 359 g/mol. The molecule has 0 aliphatic carbocycles. The number of sulfonamides is 1. The summed E-state index contributed by atoms with van der Waals surface area (Å²) < 4.78 is 26.7. The average Bonchev–Trinajstić information content (AvgIpc) is 2.45. The van der Waals surface area contributed by atoms with Gasteiger partial charge < -0.3 is 5.73 Å². The molecule has 0 atom stereocenters. The van der Waals surface area contributed by atoms with E-state index in [1.807, 2.05) is 0 Å². The van der Waals surface area contributed by atoms with Crippen LogP contribution in [0.25, 0.3) is 0 Å². The first-order chi connectivity index (χ1) is 10.8. The van der Waals surface area contributed by atoms with Crippen molar-refractivity contribution in [3.8, 4) is 0 Å². The second kappa shape index (κ2) is 6.24. The highest BCUT2D eigenvalue weighted by atomic mass is 35.5. The molecule has 0 saturated carbocycles. The molecule has 2 aromatic rings.